The Morgan fingerprint density at radius 2 is 1.94 bits per heavy atom. The van der Waals surface area contributed by atoms with Gasteiger partial charge in [-0.25, -0.2) is 9.78 Å². The van der Waals surface area contributed by atoms with Crippen LogP contribution in [0.1, 0.15) is 67.2 Å². The van der Waals surface area contributed by atoms with Gasteiger partial charge in [-0.3, -0.25) is 4.79 Å². The summed E-state index contributed by atoms with van der Waals surface area (Å²) in [6.45, 7) is 7.94. The largest absolute Gasteiger partial charge is 0.478 e. The minimum atomic E-state index is -0.544. The summed E-state index contributed by atoms with van der Waals surface area (Å²) in [5.74, 6) is 0.486. The third kappa shape index (κ3) is 4.44. The number of alkyl carbamates (subject to hydrolysis) is 1. The maximum absolute atomic E-state index is 13.4. The quantitative estimate of drug-likeness (QED) is 0.548. The number of nitrogens with zero attached hydrogens (tertiary/aromatic N) is 1. The molecule has 6 heteroatoms. The molecule has 0 radical (unpaired) electrons. The number of hydrogen-bond acceptors (Lipinski definition) is 5. The van der Waals surface area contributed by atoms with Gasteiger partial charge in [-0.05, 0) is 75.2 Å². The first-order chi connectivity index (χ1) is 15.3. The van der Waals surface area contributed by atoms with Crippen molar-refractivity contribution >= 4 is 22.6 Å². The molecule has 0 fully saturated rings. The van der Waals surface area contributed by atoms with Crippen LogP contribution in [0.25, 0.3) is 10.8 Å². The number of aromatic nitrogens is 1. The van der Waals surface area contributed by atoms with E-state index in [4.69, 9.17) is 9.47 Å². The fraction of sp³-hybridized carbons (Fsp3) is 0.346. The number of ketones is 1. The number of carbonyl (C=O) groups is 2. The van der Waals surface area contributed by atoms with Crippen molar-refractivity contribution in [2.24, 2.45) is 0 Å². The molecule has 32 heavy (non-hydrogen) atoms. The molecule has 1 aliphatic carbocycles. The number of aryl methyl sites for hydroxylation is 1. The summed E-state index contributed by atoms with van der Waals surface area (Å²) >= 11 is 0. The van der Waals surface area contributed by atoms with E-state index in [-0.39, 0.29) is 11.8 Å². The Morgan fingerprint density at radius 3 is 2.69 bits per heavy atom. The lowest BCUT2D eigenvalue weighted by atomic mass is 9.95. The van der Waals surface area contributed by atoms with Crippen molar-refractivity contribution in [1.29, 1.82) is 0 Å². The van der Waals surface area contributed by atoms with Crippen LogP contribution < -0.4 is 10.1 Å². The maximum atomic E-state index is 13.4. The molecule has 0 saturated carbocycles. The summed E-state index contributed by atoms with van der Waals surface area (Å²) in [6.07, 6.45) is 2.82. The zero-order valence-electron chi connectivity index (χ0n) is 18.9. The lowest BCUT2D eigenvalue weighted by molar-refractivity contribution is 0.0503. The Bertz CT molecular complexity index is 1180. The lowest BCUT2D eigenvalue weighted by Crippen LogP contribution is -2.34. The Balaban J connectivity index is 1.60. The van der Waals surface area contributed by atoms with E-state index in [1.54, 1.807) is 6.20 Å². The molecule has 1 N–H and O–H groups in total. The molecule has 6 nitrogen and oxygen atoms in total. The molecule has 0 unspecified atom stereocenters. The molecule has 4 rings (SSSR count). The number of rotatable bonds is 5. The number of pyridine rings is 1. The van der Waals surface area contributed by atoms with Crippen molar-refractivity contribution in [1.82, 2.24) is 10.3 Å². The summed E-state index contributed by atoms with van der Waals surface area (Å²) in [4.78, 5) is 29.9. The molecular weight excluding hydrogens is 404 g/mol. The molecule has 3 aromatic rings. The van der Waals surface area contributed by atoms with Crippen LogP contribution in [0.2, 0.25) is 0 Å². The van der Waals surface area contributed by atoms with Crippen molar-refractivity contribution in [2.45, 2.75) is 52.2 Å². The van der Waals surface area contributed by atoms with Crippen molar-refractivity contribution in [3.05, 3.63) is 70.9 Å². The highest BCUT2D eigenvalue weighted by molar-refractivity contribution is 6.17. The third-order valence-electron chi connectivity index (χ3n) is 5.47. The van der Waals surface area contributed by atoms with Crippen molar-refractivity contribution in [3.8, 4) is 5.88 Å². The Labute approximate surface area is 187 Å². The van der Waals surface area contributed by atoms with E-state index in [1.807, 2.05) is 70.2 Å². The molecule has 0 spiro atoms. The summed E-state index contributed by atoms with van der Waals surface area (Å²) in [7, 11) is 0. The van der Waals surface area contributed by atoms with Gasteiger partial charge >= 0.3 is 6.09 Å². The minimum Gasteiger partial charge on any atom is -0.478 e. The van der Waals surface area contributed by atoms with Crippen LogP contribution in [-0.4, -0.2) is 29.1 Å². The van der Waals surface area contributed by atoms with Crippen LogP contribution in [0.15, 0.2) is 48.7 Å². The van der Waals surface area contributed by atoms with Crippen molar-refractivity contribution < 1.29 is 19.1 Å². The number of ether oxygens (including phenoxy) is 2. The van der Waals surface area contributed by atoms with Crippen LogP contribution >= 0.6 is 0 Å². The molecule has 1 aliphatic rings. The van der Waals surface area contributed by atoms with Gasteiger partial charge in [0.05, 0.1) is 12.6 Å². The van der Waals surface area contributed by atoms with Gasteiger partial charge in [-0.2, -0.15) is 0 Å². The van der Waals surface area contributed by atoms with Gasteiger partial charge in [0.25, 0.3) is 0 Å². The van der Waals surface area contributed by atoms with Crippen molar-refractivity contribution in [3.63, 3.8) is 0 Å². The Kier molecular flexibility index (Phi) is 5.87. The first-order valence-electron chi connectivity index (χ1n) is 10.9. The number of hydrogen-bond donors (Lipinski definition) is 1. The highest BCUT2D eigenvalue weighted by atomic mass is 16.6. The first kappa shape index (κ1) is 21.8. The van der Waals surface area contributed by atoms with Gasteiger partial charge in [-0.1, -0.05) is 24.3 Å². The molecule has 2 aromatic carbocycles. The Hall–Kier alpha value is -3.41. The second-order valence-electron chi connectivity index (χ2n) is 8.93. The van der Waals surface area contributed by atoms with Gasteiger partial charge in [0.1, 0.15) is 5.60 Å². The van der Waals surface area contributed by atoms with Crippen molar-refractivity contribution in [2.75, 3.05) is 6.61 Å². The standard InChI is InChI=1S/C26H28N2O4/c1-5-31-24-21-8-6-7-20(19(21)13-14-27-24)23(29)17-9-11-18-16(15-17)10-12-22(18)28-25(30)32-26(2,3)4/h6-9,11,13-15,22H,5,10,12H2,1-4H3,(H,28,30)/t22-/m0/s1. The molecule has 166 valence electrons. The number of benzene rings is 2. The summed E-state index contributed by atoms with van der Waals surface area (Å²) in [5, 5.41) is 4.59. The maximum Gasteiger partial charge on any atom is 0.408 e. The molecule has 1 heterocycles. The molecule has 0 aliphatic heterocycles. The predicted molar refractivity (Wildman–Crippen MR) is 123 cm³/mol. The van der Waals surface area contributed by atoms with E-state index in [2.05, 4.69) is 10.3 Å². The second-order valence-corrected chi connectivity index (χ2v) is 8.93. The molecular formula is C26H28N2O4. The zero-order chi connectivity index (χ0) is 22.9. The van der Waals surface area contributed by atoms with Crippen LogP contribution in [0.5, 0.6) is 5.88 Å². The van der Waals surface area contributed by atoms with E-state index >= 15 is 0 Å². The average molecular weight is 433 g/mol. The monoisotopic (exact) mass is 432 g/mol. The van der Waals surface area contributed by atoms with Gasteiger partial charge in [0.15, 0.2) is 5.78 Å². The minimum absolute atomic E-state index is 0.0457. The van der Waals surface area contributed by atoms with E-state index in [1.165, 1.54) is 0 Å². The predicted octanol–water partition coefficient (Wildman–Crippen LogP) is 5.38. The fourth-order valence-electron chi connectivity index (χ4n) is 4.14. The number of nitrogens with one attached hydrogen (secondary N) is 1. The summed E-state index contributed by atoms with van der Waals surface area (Å²) in [5.41, 5.74) is 2.82. The van der Waals surface area contributed by atoms with Crippen LogP contribution in [-0.2, 0) is 11.2 Å². The Morgan fingerprint density at radius 1 is 1.12 bits per heavy atom. The van der Waals surface area contributed by atoms with E-state index in [0.29, 0.717) is 23.6 Å². The van der Waals surface area contributed by atoms with E-state index < -0.39 is 11.7 Å². The highest BCUT2D eigenvalue weighted by Crippen LogP contribution is 2.33. The highest BCUT2D eigenvalue weighted by Gasteiger charge is 2.27. The number of amides is 1. The van der Waals surface area contributed by atoms with Crippen LogP contribution in [0.3, 0.4) is 0 Å². The van der Waals surface area contributed by atoms with Crippen LogP contribution in [0.4, 0.5) is 4.79 Å². The smallest absolute Gasteiger partial charge is 0.408 e. The van der Waals surface area contributed by atoms with Gasteiger partial charge < -0.3 is 14.8 Å². The van der Waals surface area contributed by atoms with E-state index in [9.17, 15) is 9.59 Å². The normalized spacial score (nSPS) is 15.3. The molecule has 1 aromatic heterocycles. The van der Waals surface area contributed by atoms with Gasteiger partial charge in [0, 0.05) is 22.7 Å². The summed E-state index contributed by atoms with van der Waals surface area (Å²) < 4.78 is 11.0. The molecule has 1 atom stereocenters. The SMILES string of the molecule is CCOc1nccc2c(C(=O)c3ccc4c(c3)CC[C@@H]4NC(=O)OC(C)(C)C)cccc12. The van der Waals surface area contributed by atoms with Crippen LogP contribution in [0, 0.1) is 0 Å². The zero-order valence-corrected chi connectivity index (χ0v) is 18.9. The lowest BCUT2D eigenvalue weighted by Gasteiger charge is -2.22. The average Bonchev–Trinajstić information content (AvgIpc) is 3.14. The molecule has 0 saturated heterocycles. The second kappa shape index (κ2) is 8.61. The first-order valence-corrected chi connectivity index (χ1v) is 10.9. The number of carbonyl (C=O) groups excluding carboxylic acids is 2. The molecule has 1 amide bonds. The summed E-state index contributed by atoms with van der Waals surface area (Å²) in [6, 6.07) is 13.1. The molecule has 0 bridgehead atoms. The number of fused-ring (bicyclic) bond motifs is 2. The fourth-order valence-corrected chi connectivity index (χ4v) is 4.14. The topological polar surface area (TPSA) is 77.5 Å². The van der Waals surface area contributed by atoms with Gasteiger partial charge in [-0.15, -0.1) is 0 Å². The van der Waals surface area contributed by atoms with E-state index in [0.717, 1.165) is 34.7 Å². The van der Waals surface area contributed by atoms with Gasteiger partial charge in [0.2, 0.25) is 5.88 Å². The third-order valence-corrected chi connectivity index (χ3v) is 5.47.